The van der Waals surface area contributed by atoms with Crippen molar-refractivity contribution < 1.29 is 4.39 Å². The maximum Gasteiger partial charge on any atom is 0.133 e. The SMILES string of the molecule is CCc1cnc(-c2ccc(C)cc2F)s1. The second-order valence-corrected chi connectivity index (χ2v) is 4.58. The van der Waals surface area contributed by atoms with E-state index in [1.165, 1.54) is 4.88 Å². The summed E-state index contributed by atoms with van der Waals surface area (Å²) in [6.45, 7) is 3.95. The highest BCUT2D eigenvalue weighted by molar-refractivity contribution is 7.15. The fourth-order valence-corrected chi connectivity index (χ4v) is 2.27. The van der Waals surface area contributed by atoms with E-state index in [0.717, 1.165) is 17.0 Å². The Morgan fingerprint density at radius 2 is 2.20 bits per heavy atom. The summed E-state index contributed by atoms with van der Waals surface area (Å²) in [7, 11) is 0. The molecule has 0 radical (unpaired) electrons. The van der Waals surface area contributed by atoms with Crippen molar-refractivity contribution >= 4 is 11.3 Å². The van der Waals surface area contributed by atoms with Crippen molar-refractivity contribution in [1.29, 1.82) is 0 Å². The number of aryl methyl sites for hydroxylation is 2. The minimum atomic E-state index is -0.188. The molecule has 15 heavy (non-hydrogen) atoms. The third-order valence-electron chi connectivity index (χ3n) is 2.26. The zero-order valence-electron chi connectivity index (χ0n) is 8.75. The summed E-state index contributed by atoms with van der Waals surface area (Å²) in [5.41, 5.74) is 1.54. The fraction of sp³-hybridized carbons (Fsp3) is 0.250. The van der Waals surface area contributed by atoms with E-state index in [-0.39, 0.29) is 5.82 Å². The molecule has 0 amide bonds. The van der Waals surface area contributed by atoms with E-state index in [4.69, 9.17) is 0 Å². The predicted molar refractivity (Wildman–Crippen MR) is 61.6 cm³/mol. The number of nitrogens with zero attached hydrogens (tertiary/aromatic N) is 1. The van der Waals surface area contributed by atoms with Crippen molar-refractivity contribution in [3.63, 3.8) is 0 Å². The largest absolute Gasteiger partial charge is 0.244 e. The van der Waals surface area contributed by atoms with Gasteiger partial charge in [0, 0.05) is 16.6 Å². The van der Waals surface area contributed by atoms with Gasteiger partial charge in [-0.15, -0.1) is 11.3 Å². The molecular formula is C12H12FNS. The highest BCUT2D eigenvalue weighted by atomic mass is 32.1. The molecule has 2 rings (SSSR count). The van der Waals surface area contributed by atoms with Crippen LogP contribution in [0, 0.1) is 12.7 Å². The van der Waals surface area contributed by atoms with Crippen molar-refractivity contribution in [1.82, 2.24) is 4.98 Å². The monoisotopic (exact) mass is 221 g/mol. The molecule has 0 fully saturated rings. The molecule has 0 atom stereocenters. The molecular weight excluding hydrogens is 209 g/mol. The molecule has 0 N–H and O–H groups in total. The van der Waals surface area contributed by atoms with Crippen LogP contribution in [0.2, 0.25) is 0 Å². The number of benzene rings is 1. The van der Waals surface area contributed by atoms with Gasteiger partial charge in [0.05, 0.1) is 0 Å². The van der Waals surface area contributed by atoms with Crippen LogP contribution in [0.15, 0.2) is 24.4 Å². The third kappa shape index (κ3) is 2.07. The van der Waals surface area contributed by atoms with Gasteiger partial charge in [-0.2, -0.15) is 0 Å². The lowest BCUT2D eigenvalue weighted by molar-refractivity contribution is 0.630. The first kappa shape index (κ1) is 10.3. The van der Waals surface area contributed by atoms with Gasteiger partial charge < -0.3 is 0 Å². The smallest absolute Gasteiger partial charge is 0.133 e. The first-order valence-corrected chi connectivity index (χ1v) is 5.73. The van der Waals surface area contributed by atoms with Crippen molar-refractivity contribution in [3.8, 4) is 10.6 Å². The molecule has 0 unspecified atom stereocenters. The van der Waals surface area contributed by atoms with E-state index in [1.807, 2.05) is 19.2 Å². The summed E-state index contributed by atoms with van der Waals surface area (Å²) in [6.07, 6.45) is 2.77. The molecule has 1 nitrogen and oxygen atoms in total. The van der Waals surface area contributed by atoms with E-state index < -0.39 is 0 Å². The highest BCUT2D eigenvalue weighted by Crippen LogP contribution is 2.28. The lowest BCUT2D eigenvalue weighted by Crippen LogP contribution is -1.84. The standard InChI is InChI=1S/C12H12FNS/c1-3-9-7-14-12(15-9)10-5-4-8(2)6-11(10)13/h4-7H,3H2,1-2H3. The van der Waals surface area contributed by atoms with Crippen LogP contribution in [0.5, 0.6) is 0 Å². The maximum absolute atomic E-state index is 13.6. The van der Waals surface area contributed by atoms with E-state index in [1.54, 1.807) is 23.5 Å². The molecule has 0 spiro atoms. The lowest BCUT2D eigenvalue weighted by atomic mass is 10.1. The van der Waals surface area contributed by atoms with Gasteiger partial charge in [0.25, 0.3) is 0 Å². The summed E-state index contributed by atoms with van der Waals surface area (Å²) < 4.78 is 13.6. The van der Waals surface area contributed by atoms with Gasteiger partial charge in [0.1, 0.15) is 10.8 Å². The highest BCUT2D eigenvalue weighted by Gasteiger charge is 2.08. The Labute approximate surface area is 92.6 Å². The minimum absolute atomic E-state index is 0.188. The molecule has 0 aliphatic carbocycles. The van der Waals surface area contributed by atoms with Gasteiger partial charge in [0.15, 0.2) is 0 Å². The Morgan fingerprint density at radius 3 is 2.80 bits per heavy atom. The molecule has 0 saturated carbocycles. The molecule has 0 bridgehead atoms. The van der Waals surface area contributed by atoms with Crippen molar-refractivity contribution in [2.75, 3.05) is 0 Å². The summed E-state index contributed by atoms with van der Waals surface area (Å²) in [4.78, 5) is 5.41. The van der Waals surface area contributed by atoms with Crippen LogP contribution in [0.1, 0.15) is 17.4 Å². The van der Waals surface area contributed by atoms with Crippen LogP contribution >= 0.6 is 11.3 Å². The van der Waals surface area contributed by atoms with Crippen LogP contribution in [0.3, 0.4) is 0 Å². The van der Waals surface area contributed by atoms with E-state index >= 15 is 0 Å². The van der Waals surface area contributed by atoms with Gasteiger partial charge in [-0.25, -0.2) is 9.37 Å². The number of aromatic nitrogens is 1. The van der Waals surface area contributed by atoms with Crippen molar-refractivity contribution in [2.45, 2.75) is 20.3 Å². The molecule has 2 aromatic rings. The van der Waals surface area contributed by atoms with Gasteiger partial charge in [-0.1, -0.05) is 13.0 Å². The fourth-order valence-electron chi connectivity index (χ4n) is 1.39. The zero-order chi connectivity index (χ0) is 10.8. The number of hydrogen-bond acceptors (Lipinski definition) is 2. The average Bonchev–Trinajstić information content (AvgIpc) is 2.66. The summed E-state index contributed by atoms with van der Waals surface area (Å²) in [5.74, 6) is -0.188. The Morgan fingerprint density at radius 1 is 1.40 bits per heavy atom. The first-order valence-electron chi connectivity index (χ1n) is 4.92. The predicted octanol–water partition coefficient (Wildman–Crippen LogP) is 3.82. The van der Waals surface area contributed by atoms with E-state index in [2.05, 4.69) is 11.9 Å². The summed E-state index contributed by atoms with van der Waals surface area (Å²) in [5, 5.41) is 0.768. The molecule has 0 saturated heterocycles. The van der Waals surface area contributed by atoms with Crippen molar-refractivity contribution in [2.24, 2.45) is 0 Å². The van der Waals surface area contributed by atoms with E-state index in [9.17, 15) is 4.39 Å². The van der Waals surface area contributed by atoms with Gasteiger partial charge in [-0.3, -0.25) is 0 Å². The maximum atomic E-state index is 13.6. The molecule has 1 aromatic carbocycles. The Hall–Kier alpha value is -1.22. The third-order valence-corrected chi connectivity index (χ3v) is 3.43. The Bertz CT molecular complexity index is 476. The second-order valence-electron chi connectivity index (χ2n) is 3.47. The molecule has 0 aliphatic heterocycles. The molecule has 1 heterocycles. The topological polar surface area (TPSA) is 12.9 Å². The number of halogens is 1. The van der Waals surface area contributed by atoms with Crippen LogP contribution in [0.4, 0.5) is 4.39 Å². The van der Waals surface area contributed by atoms with Gasteiger partial charge >= 0.3 is 0 Å². The summed E-state index contributed by atoms with van der Waals surface area (Å²) >= 11 is 1.55. The molecule has 3 heteroatoms. The lowest BCUT2D eigenvalue weighted by Gasteiger charge is -1.99. The number of hydrogen-bond donors (Lipinski definition) is 0. The van der Waals surface area contributed by atoms with Gasteiger partial charge in [0.2, 0.25) is 0 Å². The van der Waals surface area contributed by atoms with Crippen LogP contribution < -0.4 is 0 Å². The normalized spacial score (nSPS) is 10.6. The minimum Gasteiger partial charge on any atom is -0.244 e. The van der Waals surface area contributed by atoms with Crippen LogP contribution in [-0.4, -0.2) is 4.98 Å². The first-order chi connectivity index (χ1) is 7.20. The second kappa shape index (κ2) is 4.11. The Kier molecular flexibility index (Phi) is 2.82. The average molecular weight is 221 g/mol. The van der Waals surface area contributed by atoms with Crippen molar-refractivity contribution in [3.05, 3.63) is 40.7 Å². The molecule has 1 aromatic heterocycles. The number of rotatable bonds is 2. The number of thiazole rings is 1. The van der Waals surface area contributed by atoms with Gasteiger partial charge in [-0.05, 0) is 31.0 Å². The summed E-state index contributed by atoms with van der Waals surface area (Å²) in [6, 6.07) is 5.25. The van der Waals surface area contributed by atoms with Crippen LogP contribution in [0.25, 0.3) is 10.6 Å². The Balaban J connectivity index is 2.44. The van der Waals surface area contributed by atoms with Crippen LogP contribution in [-0.2, 0) is 6.42 Å². The zero-order valence-corrected chi connectivity index (χ0v) is 9.57. The molecule has 0 aliphatic rings. The molecule has 78 valence electrons. The van der Waals surface area contributed by atoms with E-state index in [0.29, 0.717) is 5.56 Å². The quantitative estimate of drug-likeness (QED) is 0.751.